The topological polar surface area (TPSA) is 75.7 Å². The fraction of sp³-hybridized carbons (Fsp3) is 0.360. The lowest BCUT2D eigenvalue weighted by molar-refractivity contribution is -0.127. The molecule has 3 rings (SSSR count). The third-order valence-electron chi connectivity index (χ3n) is 5.48. The first-order chi connectivity index (χ1) is 15.1. The summed E-state index contributed by atoms with van der Waals surface area (Å²) in [6.45, 7) is 6.69. The van der Waals surface area contributed by atoms with Crippen LogP contribution < -0.4 is 5.69 Å². The highest BCUT2D eigenvalue weighted by Crippen LogP contribution is 2.29. The molecule has 0 aliphatic rings. The Morgan fingerprint density at radius 1 is 1.16 bits per heavy atom. The van der Waals surface area contributed by atoms with Crippen molar-refractivity contribution in [1.29, 1.82) is 0 Å². The Kier molecular flexibility index (Phi) is 7.24. The second-order valence-electron chi connectivity index (χ2n) is 8.86. The number of nitrogens with zero attached hydrogens (tertiary/aromatic N) is 2. The van der Waals surface area contributed by atoms with Crippen LogP contribution in [0.25, 0.3) is 22.8 Å². The molecule has 0 spiro atoms. The van der Waals surface area contributed by atoms with Gasteiger partial charge in [0.2, 0.25) is 0 Å². The van der Waals surface area contributed by atoms with E-state index in [9.17, 15) is 14.0 Å². The smallest absolute Gasteiger partial charge is 0.299 e. The number of H-pyrrole nitrogens is 1. The zero-order valence-corrected chi connectivity index (χ0v) is 19.5. The molecule has 1 heterocycles. The Bertz CT molecular complexity index is 1190. The summed E-state index contributed by atoms with van der Waals surface area (Å²) in [7, 11) is 0. The van der Waals surface area contributed by atoms with Gasteiger partial charge in [-0.05, 0) is 41.7 Å². The Morgan fingerprint density at radius 2 is 1.91 bits per heavy atom. The van der Waals surface area contributed by atoms with E-state index in [1.54, 1.807) is 26.0 Å². The molecule has 5 nitrogen and oxygen atoms in total. The molecule has 0 aliphatic heterocycles. The van der Waals surface area contributed by atoms with Crippen LogP contribution in [0.1, 0.15) is 51.2 Å². The van der Waals surface area contributed by atoms with E-state index in [0.29, 0.717) is 34.6 Å². The monoisotopic (exact) mass is 455 g/mol. The SMILES string of the molecule is CC(C)c1cccc(-c2nc(-c3cc(CCC(=O)C(C)(C)CF)ccc3Cl)[nH]c(=O)n2)c1. The Balaban J connectivity index is 1.95. The van der Waals surface area contributed by atoms with Crippen LogP contribution in [0.3, 0.4) is 0 Å². The maximum Gasteiger partial charge on any atom is 0.348 e. The molecule has 0 fully saturated rings. The number of aromatic amines is 1. The van der Waals surface area contributed by atoms with Crippen molar-refractivity contribution in [3.05, 3.63) is 69.1 Å². The van der Waals surface area contributed by atoms with Crippen molar-refractivity contribution < 1.29 is 9.18 Å². The molecule has 32 heavy (non-hydrogen) atoms. The van der Waals surface area contributed by atoms with Crippen LogP contribution in [0.4, 0.5) is 4.39 Å². The van der Waals surface area contributed by atoms with E-state index in [2.05, 4.69) is 28.8 Å². The number of nitrogens with one attached hydrogen (secondary N) is 1. The van der Waals surface area contributed by atoms with Crippen LogP contribution in [0.5, 0.6) is 0 Å². The summed E-state index contributed by atoms with van der Waals surface area (Å²) in [6, 6.07) is 13.1. The van der Waals surface area contributed by atoms with E-state index in [1.165, 1.54) is 0 Å². The van der Waals surface area contributed by atoms with Crippen molar-refractivity contribution in [1.82, 2.24) is 15.0 Å². The summed E-state index contributed by atoms with van der Waals surface area (Å²) in [5.41, 5.74) is 1.73. The standard InChI is InChI=1S/C25H27ClFN3O2/c1-15(2)17-6-5-7-18(13-17)22-28-23(30-24(32)29-22)19-12-16(8-10-20(19)26)9-11-21(31)25(3,4)14-27/h5-8,10,12-13,15H,9,11,14H2,1-4H3,(H,28,29,30,32). The molecule has 0 atom stereocenters. The maximum absolute atomic E-state index is 13.1. The van der Waals surface area contributed by atoms with Crippen LogP contribution in [0.15, 0.2) is 47.3 Å². The summed E-state index contributed by atoms with van der Waals surface area (Å²) in [5.74, 6) is 0.802. The number of halogens is 2. The van der Waals surface area contributed by atoms with E-state index >= 15 is 0 Å². The second-order valence-corrected chi connectivity index (χ2v) is 9.27. The summed E-state index contributed by atoms with van der Waals surface area (Å²) < 4.78 is 13.1. The number of hydrogen-bond donors (Lipinski definition) is 1. The summed E-state index contributed by atoms with van der Waals surface area (Å²) in [4.78, 5) is 35.8. The quantitative estimate of drug-likeness (QED) is 0.467. The van der Waals surface area contributed by atoms with Gasteiger partial charge in [-0.15, -0.1) is 0 Å². The Morgan fingerprint density at radius 3 is 2.59 bits per heavy atom. The number of alkyl halides is 1. The van der Waals surface area contributed by atoms with Gasteiger partial charge in [0.15, 0.2) is 5.82 Å². The molecule has 0 unspecified atom stereocenters. The Hall–Kier alpha value is -2.86. The number of hydrogen-bond acceptors (Lipinski definition) is 4. The second kappa shape index (κ2) is 9.74. The molecule has 7 heteroatoms. The fourth-order valence-corrected chi connectivity index (χ4v) is 3.47. The van der Waals surface area contributed by atoms with Crippen LogP contribution >= 0.6 is 11.6 Å². The first-order valence-electron chi connectivity index (χ1n) is 10.6. The van der Waals surface area contributed by atoms with Crippen LogP contribution in [0, 0.1) is 5.41 Å². The highest BCUT2D eigenvalue weighted by molar-refractivity contribution is 6.33. The summed E-state index contributed by atoms with van der Waals surface area (Å²) in [5, 5.41) is 0.417. The largest absolute Gasteiger partial charge is 0.348 e. The van der Waals surface area contributed by atoms with Crippen LogP contribution in [-0.4, -0.2) is 27.4 Å². The average molecular weight is 456 g/mol. The van der Waals surface area contributed by atoms with Crippen LogP contribution in [0.2, 0.25) is 5.02 Å². The fourth-order valence-electron chi connectivity index (χ4n) is 3.26. The molecular formula is C25H27ClFN3O2. The molecule has 0 bridgehead atoms. The molecule has 0 amide bonds. The molecule has 1 aromatic heterocycles. The molecule has 0 aliphatic carbocycles. The van der Waals surface area contributed by atoms with E-state index in [-0.39, 0.29) is 12.2 Å². The van der Waals surface area contributed by atoms with Gasteiger partial charge in [-0.2, -0.15) is 4.98 Å². The first kappa shape index (κ1) is 23.8. The highest BCUT2D eigenvalue weighted by Gasteiger charge is 2.26. The molecule has 0 radical (unpaired) electrons. The first-order valence-corrected chi connectivity index (χ1v) is 11.0. The molecular weight excluding hydrogens is 429 g/mol. The van der Waals surface area contributed by atoms with Crippen molar-refractivity contribution >= 4 is 17.4 Å². The number of rotatable bonds is 8. The minimum absolute atomic E-state index is 0.140. The lowest BCUT2D eigenvalue weighted by Gasteiger charge is -2.18. The van der Waals surface area contributed by atoms with Crippen molar-refractivity contribution in [3.63, 3.8) is 0 Å². The van der Waals surface area contributed by atoms with Crippen LogP contribution in [-0.2, 0) is 11.2 Å². The third kappa shape index (κ3) is 5.49. The number of carbonyl (C=O) groups excluding carboxylic acids is 1. The zero-order chi connectivity index (χ0) is 23.5. The lowest BCUT2D eigenvalue weighted by atomic mass is 9.86. The average Bonchev–Trinajstić information content (AvgIpc) is 2.77. The summed E-state index contributed by atoms with van der Waals surface area (Å²) in [6.07, 6.45) is 0.649. The van der Waals surface area contributed by atoms with Gasteiger partial charge < -0.3 is 0 Å². The molecule has 1 N–H and O–H groups in total. The van der Waals surface area contributed by atoms with Gasteiger partial charge in [-0.25, -0.2) is 9.78 Å². The van der Waals surface area contributed by atoms with E-state index in [0.717, 1.165) is 16.7 Å². The number of aryl methyl sites for hydroxylation is 1. The lowest BCUT2D eigenvalue weighted by Crippen LogP contribution is -2.26. The van der Waals surface area contributed by atoms with Gasteiger partial charge in [0.1, 0.15) is 18.3 Å². The minimum atomic E-state index is -0.993. The van der Waals surface area contributed by atoms with Gasteiger partial charge in [0, 0.05) is 17.5 Å². The predicted molar refractivity (Wildman–Crippen MR) is 126 cm³/mol. The van der Waals surface area contributed by atoms with E-state index < -0.39 is 17.8 Å². The number of ketones is 1. The van der Waals surface area contributed by atoms with Gasteiger partial charge in [-0.3, -0.25) is 14.2 Å². The number of benzene rings is 2. The van der Waals surface area contributed by atoms with E-state index in [1.807, 2.05) is 30.3 Å². The Labute approximate surface area is 192 Å². The number of carbonyl (C=O) groups is 1. The summed E-state index contributed by atoms with van der Waals surface area (Å²) >= 11 is 6.41. The van der Waals surface area contributed by atoms with Crippen molar-refractivity contribution in [3.8, 4) is 22.8 Å². The van der Waals surface area contributed by atoms with Crippen molar-refractivity contribution in [2.75, 3.05) is 6.67 Å². The van der Waals surface area contributed by atoms with Gasteiger partial charge in [0.25, 0.3) is 0 Å². The third-order valence-corrected chi connectivity index (χ3v) is 5.81. The number of aromatic nitrogens is 3. The van der Waals surface area contributed by atoms with Gasteiger partial charge in [-0.1, -0.05) is 63.6 Å². The molecule has 2 aromatic carbocycles. The molecule has 0 saturated carbocycles. The predicted octanol–water partition coefficient (Wildman–Crippen LogP) is 5.77. The van der Waals surface area contributed by atoms with Gasteiger partial charge >= 0.3 is 5.69 Å². The van der Waals surface area contributed by atoms with Crippen molar-refractivity contribution in [2.24, 2.45) is 5.41 Å². The minimum Gasteiger partial charge on any atom is -0.299 e. The highest BCUT2D eigenvalue weighted by atomic mass is 35.5. The molecule has 168 valence electrons. The van der Waals surface area contributed by atoms with Crippen molar-refractivity contribution in [2.45, 2.75) is 46.5 Å². The molecule has 3 aromatic rings. The maximum atomic E-state index is 13.1. The normalized spacial score (nSPS) is 11.7. The van der Waals surface area contributed by atoms with E-state index in [4.69, 9.17) is 11.6 Å². The number of Topliss-reactive ketones (excluding diaryl/α,β-unsaturated/α-hetero) is 1. The van der Waals surface area contributed by atoms with Gasteiger partial charge in [0.05, 0.1) is 10.4 Å². The zero-order valence-electron chi connectivity index (χ0n) is 18.7. The molecule has 0 saturated heterocycles.